The van der Waals surface area contributed by atoms with Crippen molar-refractivity contribution in [2.45, 2.75) is 85.5 Å². The van der Waals surface area contributed by atoms with Crippen LogP contribution < -0.4 is 30.4 Å². The van der Waals surface area contributed by atoms with Gasteiger partial charge in [0, 0.05) is 34.0 Å². The minimum atomic E-state index is -2.98. The van der Waals surface area contributed by atoms with Gasteiger partial charge in [0.2, 0.25) is 0 Å². The summed E-state index contributed by atoms with van der Waals surface area (Å²) in [5, 5.41) is 14.6. The molecule has 1 aliphatic rings. The predicted octanol–water partition coefficient (Wildman–Crippen LogP) is 19.7. The second-order valence-electron chi connectivity index (χ2n) is 27.8. The van der Waals surface area contributed by atoms with Crippen LogP contribution in [-0.2, 0) is 37.3 Å². The molecule has 0 fully saturated rings. The molecule has 454 valence electrons. The largest absolute Gasteiger partial charge is 2.00 e. The normalized spacial score (nSPS) is 12.7. The molecule has 0 atom stereocenters. The molecule has 0 saturated carbocycles. The molecule has 0 spiro atoms. The first-order valence-electron chi connectivity index (χ1n) is 31.9. The average molecular weight is 1390 g/mol. The number of rotatable bonds is 9. The van der Waals surface area contributed by atoms with Crippen LogP contribution in [0.3, 0.4) is 0 Å². The number of hydrogen-bond acceptors (Lipinski definition) is 3. The Kier molecular flexibility index (Phi) is 15.1. The first-order chi connectivity index (χ1) is 43.9. The van der Waals surface area contributed by atoms with Crippen molar-refractivity contribution in [1.29, 1.82) is 0 Å². The van der Waals surface area contributed by atoms with Crippen LogP contribution in [0.5, 0.6) is 11.5 Å². The van der Waals surface area contributed by atoms with Crippen molar-refractivity contribution in [3.63, 3.8) is 0 Å². The molecule has 0 radical (unpaired) electrons. The number of ether oxygens (including phenoxy) is 1. The SMILES string of the molecule is Cc1c(Oc2[c-]c(N3[CH-]n4c5c(-c6cc(C(C)(C)C)cc(C(C)(C)C)c6)cccc5c5ccccc5c5cc([Si](c6ccccc6)(c6ccccc6)c6ccccc6)ccc5c5cccc3c54)ccc2)ccc2c3ccccc3n(-c3cc(C(C)(C)C)ccn3)c12.[Pt+2]. The Bertz CT molecular complexity index is 5130. The molecular weight excluding hydrogens is 1320 g/mol. The number of pyridine rings is 1. The van der Waals surface area contributed by atoms with E-state index < -0.39 is 8.07 Å². The molecule has 92 heavy (non-hydrogen) atoms. The van der Waals surface area contributed by atoms with E-state index in [9.17, 15) is 0 Å². The molecule has 0 aliphatic carbocycles. The summed E-state index contributed by atoms with van der Waals surface area (Å²) in [5.41, 5.74) is 13.2. The van der Waals surface area contributed by atoms with Gasteiger partial charge in [-0.15, -0.1) is 18.2 Å². The summed E-state index contributed by atoms with van der Waals surface area (Å²) < 4.78 is 11.9. The van der Waals surface area contributed by atoms with E-state index in [4.69, 9.17) is 9.72 Å². The molecule has 0 unspecified atom stereocenters. The Balaban J connectivity index is 0.00000735. The maximum Gasteiger partial charge on any atom is 2.00 e. The van der Waals surface area contributed by atoms with Gasteiger partial charge in [-0.25, -0.2) is 4.98 Å². The predicted molar refractivity (Wildman–Crippen MR) is 388 cm³/mol. The van der Waals surface area contributed by atoms with Crippen molar-refractivity contribution in [3.8, 4) is 28.4 Å². The molecule has 0 N–H and O–H groups in total. The molecule has 11 aromatic carbocycles. The molecule has 5 nitrogen and oxygen atoms in total. The van der Waals surface area contributed by atoms with Gasteiger partial charge < -0.3 is 14.2 Å². The smallest absolute Gasteiger partial charge is 0.483 e. The van der Waals surface area contributed by atoms with Gasteiger partial charge in [-0.1, -0.05) is 268 Å². The Hall–Kier alpha value is -9.45. The molecule has 3 aromatic heterocycles. The number of aromatic nitrogens is 3. The molecule has 0 saturated heterocycles. The second kappa shape index (κ2) is 23.0. The van der Waals surface area contributed by atoms with Gasteiger partial charge >= 0.3 is 21.1 Å². The number of aryl methyl sites for hydroxylation is 1. The standard InChI is InChI=1S/C85H74N4OSi.Pt/c1-56-78(46-45-74-71-37-22-23-41-76(71)89(80(56)74)79-52-58(47-48-86-79)83(2,3)4)90-62-28-24-27-61(53-62)87-55-88-81-67(57-49-59(84(5,6)7)51-60(50-57)85(8,9)10)38-25-39-72(81)68-35-20-21-36-69(68)75-54-66(43-44-70(75)73-40-26-42-77(87)82(73)88)91(63-29-14-11-15-30-63,64-31-16-12-17-32-64)65-33-18-13-19-34-65;/h11-52,54-55H,1-10H3;/q-2;+2. The first-order valence-corrected chi connectivity index (χ1v) is 33.9. The maximum absolute atomic E-state index is 7.11. The van der Waals surface area contributed by atoms with Crippen LogP contribution in [-0.4, -0.2) is 22.2 Å². The molecule has 0 amide bonds. The zero-order chi connectivity index (χ0) is 62.6. The molecule has 15 rings (SSSR count). The minimum Gasteiger partial charge on any atom is -0.483 e. The fourth-order valence-electron chi connectivity index (χ4n) is 14.3. The van der Waals surface area contributed by atoms with E-state index in [2.05, 4.69) is 345 Å². The maximum atomic E-state index is 7.11. The number of hydrogen-bond donors (Lipinski definition) is 0. The third kappa shape index (κ3) is 10.1. The summed E-state index contributed by atoms with van der Waals surface area (Å²) >= 11 is 0. The van der Waals surface area contributed by atoms with Gasteiger partial charge in [-0.05, 0) is 158 Å². The first kappa shape index (κ1) is 60.1. The quantitative estimate of drug-likeness (QED) is 0.0821. The summed E-state index contributed by atoms with van der Waals surface area (Å²) in [5.74, 6) is 2.26. The Morgan fingerprint density at radius 1 is 0.424 bits per heavy atom. The van der Waals surface area contributed by atoms with E-state index in [-0.39, 0.29) is 37.3 Å². The van der Waals surface area contributed by atoms with Gasteiger partial charge in [-0.2, -0.15) is 6.07 Å². The third-order valence-electron chi connectivity index (χ3n) is 19.0. The Labute approximate surface area is 556 Å². The second-order valence-corrected chi connectivity index (χ2v) is 31.6. The summed E-state index contributed by atoms with van der Waals surface area (Å²) in [4.78, 5) is 7.32. The topological polar surface area (TPSA) is 35.2 Å². The van der Waals surface area contributed by atoms with Gasteiger partial charge in [0.15, 0.2) is 8.07 Å². The van der Waals surface area contributed by atoms with Gasteiger partial charge in [-0.3, -0.25) is 4.57 Å². The number of fused-ring (bicyclic) bond motifs is 10. The van der Waals surface area contributed by atoms with Crippen molar-refractivity contribution in [1.82, 2.24) is 14.1 Å². The Morgan fingerprint density at radius 2 is 0.946 bits per heavy atom. The van der Waals surface area contributed by atoms with Crippen LogP contribution in [0.1, 0.15) is 84.6 Å². The van der Waals surface area contributed by atoms with E-state index in [1.165, 1.54) is 64.5 Å². The summed E-state index contributed by atoms with van der Waals surface area (Å²) in [7, 11) is -2.98. The number of para-hydroxylation sites is 3. The summed E-state index contributed by atoms with van der Waals surface area (Å²) in [6.07, 6.45) is 1.94. The van der Waals surface area contributed by atoms with Crippen LogP contribution >= 0.6 is 0 Å². The van der Waals surface area contributed by atoms with Crippen molar-refractivity contribution >= 4 is 105 Å². The monoisotopic (exact) mass is 1390 g/mol. The van der Waals surface area contributed by atoms with Crippen molar-refractivity contribution in [2.24, 2.45) is 0 Å². The van der Waals surface area contributed by atoms with Crippen LogP contribution in [0, 0.1) is 19.7 Å². The van der Waals surface area contributed by atoms with E-state index in [0.29, 0.717) is 5.75 Å². The fraction of sp³-hybridized carbons (Fsp3) is 0.153. The fourth-order valence-corrected chi connectivity index (χ4v) is 19.0. The van der Waals surface area contributed by atoms with Crippen LogP contribution in [0.15, 0.2) is 261 Å². The molecule has 4 heterocycles. The van der Waals surface area contributed by atoms with Crippen LogP contribution in [0.25, 0.3) is 82.1 Å². The Morgan fingerprint density at radius 3 is 1.58 bits per heavy atom. The molecule has 7 heteroatoms. The minimum absolute atomic E-state index is 0. The zero-order valence-corrected chi connectivity index (χ0v) is 57.2. The average Bonchev–Trinajstić information content (AvgIpc) is 1.63. The van der Waals surface area contributed by atoms with Crippen LogP contribution in [0.4, 0.5) is 11.4 Å². The van der Waals surface area contributed by atoms with Gasteiger partial charge in [0.05, 0.1) is 11.0 Å². The van der Waals surface area contributed by atoms with E-state index >= 15 is 0 Å². The molecular formula is C85H74N4OPtSi. The molecule has 1 aliphatic heterocycles. The van der Waals surface area contributed by atoms with Gasteiger partial charge in [0.25, 0.3) is 0 Å². The van der Waals surface area contributed by atoms with Crippen molar-refractivity contribution in [2.75, 3.05) is 4.90 Å². The summed E-state index contributed by atoms with van der Waals surface area (Å²) in [6, 6.07) is 98.9. The third-order valence-corrected chi connectivity index (χ3v) is 23.8. The van der Waals surface area contributed by atoms with Gasteiger partial charge in [0.1, 0.15) is 11.6 Å². The van der Waals surface area contributed by atoms with Crippen LogP contribution in [0.2, 0.25) is 0 Å². The van der Waals surface area contributed by atoms with E-state index in [0.717, 1.165) is 77.7 Å². The van der Waals surface area contributed by atoms with Crippen molar-refractivity contribution in [3.05, 3.63) is 296 Å². The zero-order valence-electron chi connectivity index (χ0n) is 53.9. The van der Waals surface area contributed by atoms with E-state index in [1.54, 1.807) is 0 Å². The molecule has 14 aromatic rings. The van der Waals surface area contributed by atoms with E-state index in [1.807, 2.05) is 12.3 Å². The number of anilines is 2. The molecule has 0 bridgehead atoms. The van der Waals surface area contributed by atoms with Crippen molar-refractivity contribution < 1.29 is 25.8 Å². The summed E-state index contributed by atoms with van der Waals surface area (Å²) in [6.45, 7) is 25.2. The number of nitrogens with zero attached hydrogens (tertiary/aromatic N) is 4. The number of benzene rings is 11.